The van der Waals surface area contributed by atoms with Gasteiger partial charge in [0.25, 0.3) is 0 Å². The van der Waals surface area contributed by atoms with E-state index in [0.717, 1.165) is 42.8 Å². The molecular weight excluding hydrogens is 425 g/mol. The molecule has 5 rings (SSSR count). The van der Waals surface area contributed by atoms with E-state index in [4.69, 9.17) is 0 Å². The molecule has 0 saturated carbocycles. The Balaban J connectivity index is 1.34. The molecule has 0 amide bonds. The molecular formula is C27H25F3N2O. The first-order valence-electron chi connectivity index (χ1n) is 11.2. The number of benzene rings is 3. The lowest BCUT2D eigenvalue weighted by atomic mass is 9.97. The third kappa shape index (κ3) is 4.23. The minimum Gasteiger partial charge on any atom is -0.388 e. The summed E-state index contributed by atoms with van der Waals surface area (Å²) in [6, 6.07) is 17.2. The number of halogens is 3. The van der Waals surface area contributed by atoms with E-state index in [2.05, 4.69) is 11.1 Å². The number of hydrogen-bond acceptors (Lipinski definition) is 3. The predicted octanol–water partition coefficient (Wildman–Crippen LogP) is 6.18. The van der Waals surface area contributed by atoms with E-state index >= 15 is 0 Å². The molecule has 2 aliphatic rings. The van der Waals surface area contributed by atoms with Gasteiger partial charge in [-0.05, 0) is 67.3 Å². The Bertz CT molecular complexity index is 1180. The van der Waals surface area contributed by atoms with Gasteiger partial charge in [0.1, 0.15) is 17.5 Å². The van der Waals surface area contributed by atoms with E-state index in [1.165, 1.54) is 30.3 Å². The van der Waals surface area contributed by atoms with Gasteiger partial charge >= 0.3 is 0 Å². The molecule has 2 heterocycles. The van der Waals surface area contributed by atoms with Crippen molar-refractivity contribution in [2.24, 2.45) is 0 Å². The number of para-hydroxylation sites is 1. The molecule has 2 unspecified atom stereocenters. The molecule has 0 aliphatic carbocycles. The normalized spacial score (nSPS) is 18.1. The standard InChI is InChI=1S/C27H25F3N2O/c28-19-9-7-18(8-10-19)27(33)6-3-14-31-15-13-25-22(17-31)21-16-20(29)11-12-24(21)32(25)26-5-2-1-4-23(26)30/h1-2,4-5,7-12,16-17,25,27,33H,3,6,13-15H2. The van der Waals surface area contributed by atoms with Crippen LogP contribution in [-0.2, 0) is 0 Å². The maximum absolute atomic E-state index is 14.7. The molecule has 0 fully saturated rings. The molecule has 6 heteroatoms. The van der Waals surface area contributed by atoms with E-state index in [-0.39, 0.29) is 23.5 Å². The van der Waals surface area contributed by atoms with Gasteiger partial charge in [-0.3, -0.25) is 0 Å². The van der Waals surface area contributed by atoms with Gasteiger partial charge in [0.2, 0.25) is 0 Å². The molecule has 3 aromatic rings. The van der Waals surface area contributed by atoms with Crippen LogP contribution in [0.25, 0.3) is 5.57 Å². The van der Waals surface area contributed by atoms with E-state index in [9.17, 15) is 18.3 Å². The van der Waals surface area contributed by atoms with Gasteiger partial charge in [-0.15, -0.1) is 0 Å². The number of fused-ring (bicyclic) bond motifs is 3. The van der Waals surface area contributed by atoms with Crippen LogP contribution >= 0.6 is 0 Å². The van der Waals surface area contributed by atoms with Crippen molar-refractivity contribution in [1.82, 2.24) is 4.90 Å². The Morgan fingerprint density at radius 3 is 2.45 bits per heavy atom. The summed E-state index contributed by atoms with van der Waals surface area (Å²) in [4.78, 5) is 4.16. The molecule has 0 bridgehead atoms. The Labute approximate surface area is 191 Å². The zero-order valence-corrected chi connectivity index (χ0v) is 18.1. The van der Waals surface area contributed by atoms with E-state index < -0.39 is 6.10 Å². The first-order chi connectivity index (χ1) is 16.0. The van der Waals surface area contributed by atoms with Crippen LogP contribution in [0, 0.1) is 17.5 Å². The first-order valence-corrected chi connectivity index (χ1v) is 11.2. The van der Waals surface area contributed by atoms with E-state index in [0.29, 0.717) is 17.7 Å². The smallest absolute Gasteiger partial charge is 0.146 e. The monoisotopic (exact) mass is 450 g/mol. The lowest BCUT2D eigenvalue weighted by molar-refractivity contribution is 0.159. The summed E-state index contributed by atoms with van der Waals surface area (Å²) >= 11 is 0. The Morgan fingerprint density at radius 1 is 0.909 bits per heavy atom. The molecule has 2 atom stereocenters. The van der Waals surface area contributed by atoms with Crippen LogP contribution < -0.4 is 4.90 Å². The lowest BCUT2D eigenvalue weighted by Crippen LogP contribution is -2.36. The van der Waals surface area contributed by atoms with Gasteiger partial charge in [0, 0.05) is 36.1 Å². The molecule has 3 aromatic carbocycles. The van der Waals surface area contributed by atoms with Gasteiger partial charge < -0.3 is 14.9 Å². The van der Waals surface area contributed by atoms with Crippen LogP contribution in [0.1, 0.15) is 36.5 Å². The molecule has 0 aromatic heterocycles. The fourth-order valence-corrected chi connectivity index (χ4v) is 4.89. The summed E-state index contributed by atoms with van der Waals surface area (Å²) in [5.41, 5.74) is 3.78. The fourth-order valence-electron chi connectivity index (χ4n) is 4.89. The highest BCUT2D eigenvalue weighted by Gasteiger charge is 2.38. The second kappa shape index (κ2) is 8.94. The number of rotatable bonds is 6. The molecule has 0 radical (unpaired) electrons. The van der Waals surface area contributed by atoms with Gasteiger partial charge in [-0.25, -0.2) is 13.2 Å². The van der Waals surface area contributed by atoms with Crippen LogP contribution in [0.2, 0.25) is 0 Å². The van der Waals surface area contributed by atoms with Crippen molar-refractivity contribution in [3.8, 4) is 0 Å². The number of hydrogen-bond donors (Lipinski definition) is 1. The highest BCUT2D eigenvalue weighted by molar-refractivity contribution is 5.92. The Hall–Kier alpha value is -3.25. The highest BCUT2D eigenvalue weighted by atomic mass is 19.1. The molecule has 2 aliphatic heterocycles. The molecule has 33 heavy (non-hydrogen) atoms. The first kappa shape index (κ1) is 21.6. The molecule has 0 spiro atoms. The number of anilines is 2. The average Bonchev–Trinajstić information content (AvgIpc) is 3.12. The van der Waals surface area contributed by atoms with Crippen molar-refractivity contribution in [3.63, 3.8) is 0 Å². The highest BCUT2D eigenvalue weighted by Crippen LogP contribution is 2.48. The van der Waals surface area contributed by atoms with Gasteiger partial charge in [0.05, 0.1) is 17.8 Å². The fraction of sp³-hybridized carbons (Fsp3) is 0.259. The summed E-state index contributed by atoms with van der Waals surface area (Å²) in [6.45, 7) is 1.51. The number of nitrogens with zero attached hydrogens (tertiary/aromatic N) is 2. The Kier molecular flexibility index (Phi) is 5.85. The topological polar surface area (TPSA) is 26.7 Å². The van der Waals surface area contributed by atoms with Crippen LogP contribution in [0.4, 0.5) is 24.5 Å². The number of aliphatic hydroxyl groups excluding tert-OH is 1. The molecule has 3 nitrogen and oxygen atoms in total. The average molecular weight is 451 g/mol. The van der Waals surface area contributed by atoms with E-state index in [1.807, 2.05) is 11.0 Å². The largest absolute Gasteiger partial charge is 0.388 e. The van der Waals surface area contributed by atoms with Crippen molar-refractivity contribution in [2.45, 2.75) is 31.4 Å². The van der Waals surface area contributed by atoms with Gasteiger partial charge in [0.15, 0.2) is 0 Å². The maximum atomic E-state index is 14.7. The predicted molar refractivity (Wildman–Crippen MR) is 123 cm³/mol. The molecule has 170 valence electrons. The number of aliphatic hydroxyl groups is 1. The van der Waals surface area contributed by atoms with Crippen LogP contribution in [0.5, 0.6) is 0 Å². The second-order valence-corrected chi connectivity index (χ2v) is 8.62. The minimum absolute atomic E-state index is 0.0558. The Morgan fingerprint density at radius 2 is 1.67 bits per heavy atom. The van der Waals surface area contributed by atoms with Gasteiger partial charge in [-0.1, -0.05) is 24.3 Å². The van der Waals surface area contributed by atoms with Crippen molar-refractivity contribution in [3.05, 3.63) is 102 Å². The lowest BCUT2D eigenvalue weighted by Gasteiger charge is -2.34. The summed E-state index contributed by atoms with van der Waals surface area (Å²) < 4.78 is 41.9. The second-order valence-electron chi connectivity index (χ2n) is 8.62. The third-order valence-electron chi connectivity index (χ3n) is 6.50. The van der Waals surface area contributed by atoms with Crippen LogP contribution in [-0.4, -0.2) is 29.1 Å². The van der Waals surface area contributed by atoms with Crippen molar-refractivity contribution in [1.29, 1.82) is 0 Å². The summed E-state index contributed by atoms with van der Waals surface area (Å²) in [5, 5.41) is 10.4. The van der Waals surface area contributed by atoms with Crippen molar-refractivity contribution >= 4 is 16.9 Å². The van der Waals surface area contributed by atoms with Crippen LogP contribution in [0.3, 0.4) is 0 Å². The summed E-state index contributed by atoms with van der Waals surface area (Å²) in [6.07, 6.45) is 3.49. The van der Waals surface area contributed by atoms with Crippen molar-refractivity contribution < 1.29 is 18.3 Å². The maximum Gasteiger partial charge on any atom is 0.146 e. The molecule has 1 N–H and O–H groups in total. The minimum atomic E-state index is -0.645. The van der Waals surface area contributed by atoms with Gasteiger partial charge in [-0.2, -0.15) is 0 Å². The quantitative estimate of drug-likeness (QED) is 0.486. The summed E-state index contributed by atoms with van der Waals surface area (Å²) in [7, 11) is 0. The van der Waals surface area contributed by atoms with Crippen molar-refractivity contribution in [2.75, 3.05) is 18.0 Å². The summed E-state index contributed by atoms with van der Waals surface area (Å²) in [5.74, 6) is -0.937. The van der Waals surface area contributed by atoms with E-state index in [1.54, 1.807) is 30.3 Å². The SMILES string of the molecule is OC(CCCN1C=C2c3cc(F)ccc3N(c3ccccc3F)C2CC1)c1ccc(F)cc1. The molecule has 0 saturated heterocycles. The van der Waals surface area contributed by atoms with Crippen LogP contribution in [0.15, 0.2) is 72.9 Å². The third-order valence-corrected chi connectivity index (χ3v) is 6.50. The zero-order valence-electron chi connectivity index (χ0n) is 18.1. The zero-order chi connectivity index (χ0) is 22.9.